The van der Waals surface area contributed by atoms with Crippen LogP contribution in [0.4, 0.5) is 0 Å². The van der Waals surface area contributed by atoms with Crippen LogP contribution in [0.1, 0.15) is 65.2 Å². The second-order valence-electron chi connectivity index (χ2n) is 9.85. The van der Waals surface area contributed by atoms with Crippen molar-refractivity contribution < 1.29 is 9.53 Å². The molecule has 2 fully saturated rings. The monoisotopic (exact) mass is 353 g/mol. The van der Waals surface area contributed by atoms with E-state index in [1.54, 1.807) is 0 Å². The number of nitriles is 1. The zero-order chi connectivity index (χ0) is 18.4. The predicted molar refractivity (Wildman–Crippen MR) is 101 cm³/mol. The molecule has 0 heterocycles. The van der Waals surface area contributed by atoms with E-state index in [0.29, 0.717) is 30.1 Å². The minimum Gasteiger partial charge on any atom is -0.459 e. The summed E-state index contributed by atoms with van der Waals surface area (Å²) < 4.78 is 6.07. The zero-order valence-electron chi connectivity index (χ0n) is 16.1. The maximum Gasteiger partial charge on any atom is 0.310 e. The van der Waals surface area contributed by atoms with Crippen LogP contribution < -0.4 is 0 Å². The Morgan fingerprint density at radius 1 is 1.23 bits per heavy atom. The Bertz CT molecular complexity index is 670. The van der Waals surface area contributed by atoms with Gasteiger partial charge in [0.15, 0.2) is 0 Å². The molecule has 140 valence electrons. The lowest BCUT2D eigenvalue weighted by Crippen LogP contribution is -2.37. The summed E-state index contributed by atoms with van der Waals surface area (Å²) in [5.74, 6) is 2.47. The Kier molecular flexibility index (Phi) is 4.49. The molecule has 26 heavy (non-hydrogen) atoms. The third kappa shape index (κ3) is 3.36. The van der Waals surface area contributed by atoms with Gasteiger partial charge >= 0.3 is 5.97 Å². The lowest BCUT2D eigenvalue weighted by molar-refractivity contribution is -0.165. The summed E-state index contributed by atoms with van der Waals surface area (Å²) >= 11 is 0. The number of hydrogen-bond acceptors (Lipinski definition) is 3. The third-order valence-corrected chi connectivity index (χ3v) is 7.21. The van der Waals surface area contributed by atoms with E-state index in [1.807, 2.05) is 0 Å². The number of carbonyl (C=O) groups excluding carboxylic acids is 1. The number of hydrogen-bond donors (Lipinski definition) is 0. The highest BCUT2D eigenvalue weighted by Gasteiger charge is 2.50. The molecule has 6 atom stereocenters. The minimum atomic E-state index is -0.413. The molecule has 4 aliphatic carbocycles. The first-order valence-corrected chi connectivity index (χ1v) is 10.4. The first kappa shape index (κ1) is 17.8. The number of fused-ring (bicyclic) bond motifs is 4. The van der Waals surface area contributed by atoms with E-state index in [2.05, 4.69) is 44.2 Å². The van der Waals surface area contributed by atoms with Gasteiger partial charge in [-0.2, -0.15) is 5.26 Å². The number of unbranched alkanes of at least 4 members (excludes halogenated alkanes) is 1. The maximum absolute atomic E-state index is 12.8. The van der Waals surface area contributed by atoms with Gasteiger partial charge in [-0.3, -0.25) is 4.79 Å². The van der Waals surface area contributed by atoms with Gasteiger partial charge in [-0.15, -0.1) is 0 Å². The van der Waals surface area contributed by atoms with Crippen LogP contribution in [0.2, 0.25) is 0 Å². The lowest BCUT2D eigenvalue weighted by Gasteiger charge is -2.36. The molecule has 4 bridgehead atoms. The Morgan fingerprint density at radius 2 is 2.08 bits per heavy atom. The topological polar surface area (TPSA) is 50.1 Å². The Balaban J connectivity index is 1.34. The predicted octanol–water partition coefficient (Wildman–Crippen LogP) is 5.19. The zero-order valence-corrected chi connectivity index (χ0v) is 16.1. The van der Waals surface area contributed by atoms with Crippen molar-refractivity contribution in [3.05, 3.63) is 24.3 Å². The van der Waals surface area contributed by atoms with Gasteiger partial charge in [-0.25, -0.2) is 0 Å². The van der Waals surface area contributed by atoms with Crippen LogP contribution in [0, 0.1) is 46.3 Å². The smallest absolute Gasteiger partial charge is 0.310 e. The van der Waals surface area contributed by atoms with Gasteiger partial charge in [0.25, 0.3) is 0 Å². The van der Waals surface area contributed by atoms with Crippen LogP contribution in [-0.2, 0) is 9.53 Å². The normalized spacial score (nSPS) is 39.5. The van der Waals surface area contributed by atoms with E-state index in [1.165, 1.54) is 12.8 Å². The van der Waals surface area contributed by atoms with Gasteiger partial charge in [0.2, 0.25) is 0 Å². The van der Waals surface area contributed by atoms with Crippen molar-refractivity contribution in [2.75, 3.05) is 0 Å². The number of nitrogens with zero attached hydrogens (tertiary/aromatic N) is 1. The fourth-order valence-electron chi connectivity index (χ4n) is 6.33. The van der Waals surface area contributed by atoms with Gasteiger partial charge in [0.1, 0.15) is 5.60 Å². The molecule has 3 nitrogen and oxygen atoms in total. The molecule has 0 amide bonds. The molecule has 0 spiro atoms. The first-order valence-electron chi connectivity index (χ1n) is 10.4. The van der Waals surface area contributed by atoms with Gasteiger partial charge in [0.05, 0.1) is 12.0 Å². The highest BCUT2D eigenvalue weighted by Crippen LogP contribution is 2.57. The third-order valence-electron chi connectivity index (χ3n) is 7.21. The summed E-state index contributed by atoms with van der Waals surface area (Å²) in [5, 5.41) is 8.77. The van der Waals surface area contributed by atoms with Crippen molar-refractivity contribution in [1.29, 1.82) is 5.26 Å². The van der Waals surface area contributed by atoms with E-state index in [0.717, 1.165) is 32.1 Å². The largest absolute Gasteiger partial charge is 0.459 e. The van der Waals surface area contributed by atoms with Crippen molar-refractivity contribution in [2.45, 2.75) is 70.8 Å². The average Bonchev–Trinajstić information content (AvgIpc) is 3.33. The molecule has 0 N–H and O–H groups in total. The van der Waals surface area contributed by atoms with Crippen LogP contribution in [0.25, 0.3) is 0 Å². The number of carbonyl (C=O) groups is 1. The van der Waals surface area contributed by atoms with Crippen molar-refractivity contribution in [2.24, 2.45) is 35.0 Å². The molecule has 4 rings (SSSR count). The number of rotatable bonds is 7. The standard InChI is InChI=1S/C23H31NO2/c1-22(2,26-21(25)20-12-16-6-7-17(20)11-16)15-23-9-8-19(14-23)18(13-23)5-3-4-10-24/h6-9,16-20H,3-5,11-15H2,1-2H3. The molecule has 0 radical (unpaired) electrons. The molecule has 6 unspecified atom stereocenters. The molecule has 0 aromatic rings. The summed E-state index contributed by atoms with van der Waals surface area (Å²) in [4.78, 5) is 12.8. The van der Waals surface area contributed by atoms with E-state index in [4.69, 9.17) is 10.00 Å². The lowest BCUT2D eigenvalue weighted by atomic mass is 9.76. The van der Waals surface area contributed by atoms with Crippen molar-refractivity contribution >= 4 is 5.97 Å². The van der Waals surface area contributed by atoms with Crippen molar-refractivity contribution in [1.82, 2.24) is 0 Å². The van der Waals surface area contributed by atoms with E-state index in [9.17, 15) is 4.79 Å². The van der Waals surface area contributed by atoms with E-state index in [-0.39, 0.29) is 17.3 Å². The molecule has 0 saturated heterocycles. The Labute approximate surface area is 157 Å². The van der Waals surface area contributed by atoms with Crippen molar-refractivity contribution in [3.63, 3.8) is 0 Å². The Hall–Kier alpha value is -1.56. The summed E-state index contributed by atoms with van der Waals surface area (Å²) in [6, 6.07) is 2.26. The van der Waals surface area contributed by atoms with Crippen molar-refractivity contribution in [3.8, 4) is 6.07 Å². The van der Waals surface area contributed by atoms with Crippen LogP contribution in [0.3, 0.4) is 0 Å². The SMILES string of the molecule is CC(C)(CC12C=CC(C1)C(CCCC#N)C2)OC(=O)C1CC2C=CC1C2. The molecule has 2 saturated carbocycles. The number of ether oxygens (including phenoxy) is 1. The van der Waals surface area contributed by atoms with Crippen LogP contribution in [0.5, 0.6) is 0 Å². The summed E-state index contributed by atoms with van der Waals surface area (Å²) in [7, 11) is 0. The Morgan fingerprint density at radius 3 is 2.77 bits per heavy atom. The van der Waals surface area contributed by atoms with Gasteiger partial charge in [-0.05, 0) is 87.9 Å². The summed E-state index contributed by atoms with van der Waals surface area (Å²) in [6.45, 7) is 4.18. The molecule has 0 aromatic carbocycles. The molecule has 0 aromatic heterocycles. The summed E-state index contributed by atoms with van der Waals surface area (Å²) in [5.41, 5.74) is -0.219. The van der Waals surface area contributed by atoms with E-state index < -0.39 is 5.60 Å². The quantitative estimate of drug-likeness (QED) is 0.360. The molecule has 0 aliphatic heterocycles. The second-order valence-corrected chi connectivity index (χ2v) is 9.85. The fraction of sp³-hybridized carbons (Fsp3) is 0.739. The molecule has 3 heteroatoms. The molecule has 4 aliphatic rings. The van der Waals surface area contributed by atoms with Gasteiger partial charge in [0, 0.05) is 6.42 Å². The van der Waals surface area contributed by atoms with Gasteiger partial charge in [-0.1, -0.05) is 24.3 Å². The highest BCUT2D eigenvalue weighted by atomic mass is 16.6. The minimum absolute atomic E-state index is 0.0188. The first-order chi connectivity index (χ1) is 12.4. The maximum atomic E-state index is 12.8. The second kappa shape index (κ2) is 6.55. The number of esters is 1. The molecular formula is C23H31NO2. The summed E-state index contributed by atoms with van der Waals surface area (Å²) in [6.07, 6.45) is 17.5. The van der Waals surface area contributed by atoms with Crippen LogP contribution in [-0.4, -0.2) is 11.6 Å². The average molecular weight is 354 g/mol. The van der Waals surface area contributed by atoms with Crippen LogP contribution >= 0.6 is 0 Å². The number of allylic oxidation sites excluding steroid dienone is 4. The van der Waals surface area contributed by atoms with Gasteiger partial charge < -0.3 is 4.74 Å². The van der Waals surface area contributed by atoms with Crippen LogP contribution in [0.15, 0.2) is 24.3 Å². The van der Waals surface area contributed by atoms with E-state index >= 15 is 0 Å². The molecular weight excluding hydrogens is 322 g/mol. The highest BCUT2D eigenvalue weighted by molar-refractivity contribution is 5.74. The fourth-order valence-corrected chi connectivity index (χ4v) is 6.33.